The summed E-state index contributed by atoms with van der Waals surface area (Å²) < 4.78 is 17.8. The van der Waals surface area contributed by atoms with Gasteiger partial charge in [-0.3, -0.25) is 4.79 Å². The number of para-hydroxylation sites is 1. The number of hydrogen-bond donors (Lipinski definition) is 1. The number of carbonyl (C=O) groups excluding carboxylic acids is 2. The van der Waals surface area contributed by atoms with Gasteiger partial charge in [-0.15, -0.1) is 0 Å². The van der Waals surface area contributed by atoms with Crippen LogP contribution in [0.2, 0.25) is 0 Å². The van der Waals surface area contributed by atoms with Crippen molar-refractivity contribution in [3.05, 3.63) is 29.6 Å². The summed E-state index contributed by atoms with van der Waals surface area (Å²) in [4.78, 5) is 21.6. The summed E-state index contributed by atoms with van der Waals surface area (Å²) in [6, 6.07) is 3.84. The van der Waals surface area contributed by atoms with Crippen molar-refractivity contribution in [3.63, 3.8) is 0 Å². The summed E-state index contributed by atoms with van der Waals surface area (Å²) in [6.45, 7) is 2.06. The SMILES string of the molecule is CCNC(=O)Oc1c(F)cccc1C=O. The zero-order valence-electron chi connectivity index (χ0n) is 8.12. The van der Waals surface area contributed by atoms with Crippen molar-refractivity contribution < 1.29 is 18.7 Å². The third-order valence-corrected chi connectivity index (χ3v) is 1.64. The predicted molar refractivity (Wildman–Crippen MR) is 51.5 cm³/mol. The van der Waals surface area contributed by atoms with E-state index >= 15 is 0 Å². The molecule has 4 nitrogen and oxygen atoms in total. The van der Waals surface area contributed by atoms with Crippen LogP contribution in [0, 0.1) is 5.82 Å². The van der Waals surface area contributed by atoms with E-state index in [0.29, 0.717) is 12.8 Å². The molecule has 80 valence electrons. The molecule has 0 spiro atoms. The van der Waals surface area contributed by atoms with Gasteiger partial charge in [0, 0.05) is 6.54 Å². The van der Waals surface area contributed by atoms with E-state index in [0.717, 1.165) is 6.07 Å². The highest BCUT2D eigenvalue weighted by atomic mass is 19.1. The first kappa shape index (κ1) is 11.2. The third-order valence-electron chi connectivity index (χ3n) is 1.64. The number of hydrogen-bond acceptors (Lipinski definition) is 3. The van der Waals surface area contributed by atoms with Gasteiger partial charge >= 0.3 is 6.09 Å². The van der Waals surface area contributed by atoms with Crippen molar-refractivity contribution in [2.24, 2.45) is 0 Å². The number of benzene rings is 1. The van der Waals surface area contributed by atoms with Crippen LogP contribution in [-0.4, -0.2) is 18.9 Å². The van der Waals surface area contributed by atoms with Crippen LogP contribution in [0.15, 0.2) is 18.2 Å². The molecule has 0 aliphatic rings. The fourth-order valence-electron chi connectivity index (χ4n) is 0.999. The minimum Gasteiger partial charge on any atom is -0.406 e. The predicted octanol–water partition coefficient (Wildman–Crippen LogP) is 1.75. The summed E-state index contributed by atoms with van der Waals surface area (Å²) in [5.41, 5.74) is 0.00116. The molecule has 1 aromatic rings. The Morgan fingerprint density at radius 1 is 1.60 bits per heavy atom. The molecule has 0 aromatic heterocycles. The number of nitrogens with one attached hydrogen (secondary N) is 1. The lowest BCUT2D eigenvalue weighted by Gasteiger charge is -2.07. The number of aldehydes is 1. The van der Waals surface area contributed by atoms with Crippen LogP contribution in [0.4, 0.5) is 9.18 Å². The molecule has 5 heteroatoms. The van der Waals surface area contributed by atoms with Gasteiger partial charge in [-0.05, 0) is 19.1 Å². The first-order valence-corrected chi connectivity index (χ1v) is 4.38. The standard InChI is InChI=1S/C10H10FNO3/c1-2-12-10(14)15-9-7(6-13)4-3-5-8(9)11/h3-6H,2H2,1H3,(H,12,14). The molecule has 0 aliphatic carbocycles. The van der Waals surface area contributed by atoms with E-state index < -0.39 is 11.9 Å². The molecule has 0 aliphatic heterocycles. The molecule has 0 bridgehead atoms. The number of ether oxygens (including phenoxy) is 1. The highest BCUT2D eigenvalue weighted by Crippen LogP contribution is 2.20. The second-order valence-electron chi connectivity index (χ2n) is 2.70. The van der Waals surface area contributed by atoms with Crippen molar-refractivity contribution in [1.29, 1.82) is 0 Å². The van der Waals surface area contributed by atoms with Gasteiger partial charge < -0.3 is 10.1 Å². The minimum atomic E-state index is -0.786. The van der Waals surface area contributed by atoms with Crippen molar-refractivity contribution >= 4 is 12.4 Å². The molecule has 0 radical (unpaired) electrons. The molecule has 0 saturated carbocycles. The number of rotatable bonds is 3. The Kier molecular flexibility index (Phi) is 3.79. The van der Waals surface area contributed by atoms with Gasteiger partial charge in [0.2, 0.25) is 0 Å². The lowest BCUT2D eigenvalue weighted by Crippen LogP contribution is -2.27. The number of amides is 1. The summed E-state index contributed by atoms with van der Waals surface area (Å²) in [7, 11) is 0. The minimum absolute atomic E-state index is 0.00116. The van der Waals surface area contributed by atoms with E-state index in [1.54, 1.807) is 6.92 Å². The lowest BCUT2D eigenvalue weighted by molar-refractivity contribution is 0.112. The van der Waals surface area contributed by atoms with Crippen LogP contribution in [0.3, 0.4) is 0 Å². The first-order valence-electron chi connectivity index (χ1n) is 4.38. The molecule has 1 rings (SSSR count). The quantitative estimate of drug-likeness (QED) is 0.775. The Labute approximate surface area is 86.0 Å². The van der Waals surface area contributed by atoms with Crippen LogP contribution in [0.25, 0.3) is 0 Å². The van der Waals surface area contributed by atoms with E-state index in [-0.39, 0.29) is 11.3 Å². The molecule has 15 heavy (non-hydrogen) atoms. The Balaban J connectivity index is 2.92. The maximum Gasteiger partial charge on any atom is 0.412 e. The second kappa shape index (κ2) is 5.09. The van der Waals surface area contributed by atoms with Gasteiger partial charge in [0.1, 0.15) is 0 Å². The summed E-state index contributed by atoms with van der Waals surface area (Å²) in [5.74, 6) is -1.09. The van der Waals surface area contributed by atoms with Crippen LogP contribution in [0.1, 0.15) is 17.3 Å². The topological polar surface area (TPSA) is 55.4 Å². The normalized spacial score (nSPS) is 9.47. The average Bonchev–Trinajstić information content (AvgIpc) is 2.21. The monoisotopic (exact) mass is 211 g/mol. The number of carbonyl (C=O) groups is 2. The third kappa shape index (κ3) is 2.77. The molecule has 0 fully saturated rings. The molecule has 0 heterocycles. The van der Waals surface area contributed by atoms with Crippen molar-refractivity contribution in [1.82, 2.24) is 5.32 Å². The van der Waals surface area contributed by atoms with Crippen molar-refractivity contribution in [2.45, 2.75) is 6.92 Å². The van der Waals surface area contributed by atoms with Crippen molar-refractivity contribution in [2.75, 3.05) is 6.54 Å². The van der Waals surface area contributed by atoms with Gasteiger partial charge in [-0.2, -0.15) is 0 Å². The Morgan fingerprint density at radius 2 is 2.33 bits per heavy atom. The molecule has 0 saturated heterocycles. The molecule has 0 atom stereocenters. The first-order chi connectivity index (χ1) is 7.19. The van der Waals surface area contributed by atoms with Crippen LogP contribution in [-0.2, 0) is 0 Å². The Morgan fingerprint density at radius 3 is 2.93 bits per heavy atom. The van der Waals surface area contributed by atoms with Gasteiger partial charge in [0.15, 0.2) is 17.9 Å². The second-order valence-corrected chi connectivity index (χ2v) is 2.70. The van der Waals surface area contributed by atoms with E-state index in [1.165, 1.54) is 12.1 Å². The van der Waals surface area contributed by atoms with Crippen LogP contribution in [0.5, 0.6) is 5.75 Å². The summed E-state index contributed by atoms with van der Waals surface area (Å²) in [5, 5.41) is 2.33. The summed E-state index contributed by atoms with van der Waals surface area (Å²) >= 11 is 0. The fraction of sp³-hybridized carbons (Fsp3) is 0.200. The van der Waals surface area contributed by atoms with E-state index in [4.69, 9.17) is 0 Å². The lowest BCUT2D eigenvalue weighted by atomic mass is 10.2. The summed E-state index contributed by atoms with van der Waals surface area (Å²) in [6.07, 6.45) is -0.358. The average molecular weight is 211 g/mol. The van der Waals surface area contributed by atoms with Crippen LogP contribution >= 0.6 is 0 Å². The molecule has 0 unspecified atom stereocenters. The van der Waals surface area contributed by atoms with Crippen molar-refractivity contribution in [3.8, 4) is 5.75 Å². The van der Waals surface area contributed by atoms with Gasteiger partial charge in [0.05, 0.1) is 5.56 Å². The molecular formula is C10H10FNO3. The maximum absolute atomic E-state index is 13.2. The fourth-order valence-corrected chi connectivity index (χ4v) is 0.999. The maximum atomic E-state index is 13.2. The van der Waals surface area contributed by atoms with E-state index in [9.17, 15) is 14.0 Å². The van der Waals surface area contributed by atoms with Crippen LogP contribution < -0.4 is 10.1 Å². The molecular weight excluding hydrogens is 201 g/mol. The smallest absolute Gasteiger partial charge is 0.406 e. The zero-order chi connectivity index (χ0) is 11.3. The molecule has 1 amide bonds. The number of halogens is 1. The zero-order valence-corrected chi connectivity index (χ0v) is 8.12. The van der Waals surface area contributed by atoms with Gasteiger partial charge in [0.25, 0.3) is 0 Å². The Bertz CT molecular complexity index is 379. The largest absolute Gasteiger partial charge is 0.412 e. The molecule has 1 N–H and O–H groups in total. The van der Waals surface area contributed by atoms with E-state index in [1.807, 2.05) is 0 Å². The molecule has 1 aromatic carbocycles. The highest BCUT2D eigenvalue weighted by molar-refractivity contribution is 5.82. The van der Waals surface area contributed by atoms with Gasteiger partial charge in [-0.1, -0.05) is 6.07 Å². The Hall–Kier alpha value is -1.91. The van der Waals surface area contributed by atoms with E-state index in [2.05, 4.69) is 10.1 Å². The highest BCUT2D eigenvalue weighted by Gasteiger charge is 2.12. The van der Waals surface area contributed by atoms with Gasteiger partial charge in [-0.25, -0.2) is 9.18 Å².